The van der Waals surface area contributed by atoms with Gasteiger partial charge in [-0.3, -0.25) is 4.31 Å². The van der Waals surface area contributed by atoms with E-state index in [0.29, 0.717) is 9.87 Å². The van der Waals surface area contributed by atoms with E-state index in [-0.39, 0.29) is 18.0 Å². The van der Waals surface area contributed by atoms with Gasteiger partial charge in [-0.05, 0) is 17.7 Å². The third-order valence-electron chi connectivity index (χ3n) is 2.59. The van der Waals surface area contributed by atoms with Crippen LogP contribution >= 0.6 is 0 Å². The van der Waals surface area contributed by atoms with E-state index < -0.39 is 10.3 Å². The summed E-state index contributed by atoms with van der Waals surface area (Å²) in [7, 11) is -4.72. The van der Waals surface area contributed by atoms with Gasteiger partial charge in [-0.25, -0.2) is 8.42 Å². The van der Waals surface area contributed by atoms with Gasteiger partial charge in [-0.15, -0.1) is 0 Å². The lowest BCUT2D eigenvalue weighted by atomic mass is 10.2. The molecule has 0 aliphatic rings. The molecule has 2 aromatic carbocycles. The molecule has 0 saturated heterocycles. The molecule has 0 fully saturated rings. The normalized spacial score (nSPS) is 11.2. The smallest absolute Gasteiger partial charge is 0.184 e. The van der Waals surface area contributed by atoms with Gasteiger partial charge in [0.05, 0.1) is 12.2 Å². The van der Waals surface area contributed by atoms with E-state index in [0.717, 1.165) is 0 Å². The van der Waals surface area contributed by atoms with Gasteiger partial charge in [0.25, 0.3) is 0 Å². The summed E-state index contributed by atoms with van der Waals surface area (Å²) in [5.74, 6) is -0.252. The van der Waals surface area contributed by atoms with Crippen LogP contribution in [0.1, 0.15) is 5.56 Å². The number of rotatable bonds is 4. The van der Waals surface area contributed by atoms with E-state index in [1.807, 2.05) is 0 Å². The molecule has 100 valence electrons. The molecule has 0 unspecified atom stereocenters. The fraction of sp³-hybridized carbons (Fsp3) is 0.0769. The van der Waals surface area contributed by atoms with Crippen molar-refractivity contribution in [2.75, 3.05) is 4.31 Å². The molecular formula is C13H12NO4S-. The molecule has 0 saturated carbocycles. The molecular weight excluding hydrogens is 266 g/mol. The molecule has 0 aliphatic carbocycles. The first-order valence-electron chi connectivity index (χ1n) is 5.54. The van der Waals surface area contributed by atoms with Crippen LogP contribution in [-0.4, -0.2) is 18.1 Å². The number of para-hydroxylation sites is 2. The van der Waals surface area contributed by atoms with E-state index in [9.17, 15) is 18.1 Å². The molecule has 5 nitrogen and oxygen atoms in total. The molecule has 2 rings (SSSR count). The summed E-state index contributed by atoms with van der Waals surface area (Å²) < 4.78 is 34.7. The van der Waals surface area contributed by atoms with Crippen molar-refractivity contribution in [3.8, 4) is 5.75 Å². The lowest BCUT2D eigenvalue weighted by molar-refractivity contribution is 0.451. The molecule has 2 aromatic rings. The molecule has 0 spiro atoms. The average Bonchev–Trinajstić information content (AvgIpc) is 2.37. The molecule has 0 aromatic heterocycles. The minimum absolute atomic E-state index is 0.0265. The molecule has 0 radical (unpaired) electrons. The first kappa shape index (κ1) is 13.4. The van der Waals surface area contributed by atoms with Gasteiger partial charge in [-0.2, -0.15) is 0 Å². The van der Waals surface area contributed by atoms with Crippen molar-refractivity contribution in [1.82, 2.24) is 0 Å². The van der Waals surface area contributed by atoms with Gasteiger partial charge in [0.15, 0.2) is 10.3 Å². The summed E-state index contributed by atoms with van der Waals surface area (Å²) in [6, 6.07) is 14.5. The largest absolute Gasteiger partial charge is 0.731 e. The van der Waals surface area contributed by atoms with Gasteiger partial charge < -0.3 is 9.66 Å². The summed E-state index contributed by atoms with van der Waals surface area (Å²) in [4.78, 5) is 0. The van der Waals surface area contributed by atoms with Crippen molar-refractivity contribution >= 4 is 16.0 Å². The van der Waals surface area contributed by atoms with Crippen LogP contribution in [0.5, 0.6) is 5.75 Å². The summed E-state index contributed by atoms with van der Waals surface area (Å²) >= 11 is 0. The van der Waals surface area contributed by atoms with Crippen molar-refractivity contribution in [1.29, 1.82) is 0 Å². The predicted molar refractivity (Wildman–Crippen MR) is 70.4 cm³/mol. The third-order valence-corrected chi connectivity index (χ3v) is 3.45. The second kappa shape index (κ2) is 5.29. The van der Waals surface area contributed by atoms with Crippen LogP contribution in [0.3, 0.4) is 0 Å². The van der Waals surface area contributed by atoms with Crippen molar-refractivity contribution < 1.29 is 18.1 Å². The minimum Gasteiger partial charge on any atom is -0.731 e. The highest BCUT2D eigenvalue weighted by Gasteiger charge is 2.16. The zero-order valence-corrected chi connectivity index (χ0v) is 10.7. The molecule has 0 bridgehead atoms. The number of nitrogens with zero attached hydrogens (tertiary/aromatic N) is 1. The first-order valence-corrected chi connectivity index (χ1v) is 6.90. The lowest BCUT2D eigenvalue weighted by Crippen LogP contribution is -2.30. The molecule has 1 N–H and O–H groups in total. The molecule has 0 atom stereocenters. The van der Waals surface area contributed by atoms with Crippen molar-refractivity contribution in [3.05, 3.63) is 60.2 Å². The predicted octanol–water partition coefficient (Wildman–Crippen LogP) is 1.86. The Balaban J connectivity index is 2.41. The van der Waals surface area contributed by atoms with Crippen molar-refractivity contribution in [3.63, 3.8) is 0 Å². The fourth-order valence-electron chi connectivity index (χ4n) is 1.71. The number of phenols is 1. The first-order chi connectivity index (χ1) is 8.98. The van der Waals surface area contributed by atoms with E-state index in [1.54, 1.807) is 42.5 Å². The third kappa shape index (κ3) is 3.24. The molecule has 0 heterocycles. The van der Waals surface area contributed by atoms with E-state index in [2.05, 4.69) is 0 Å². The highest BCUT2D eigenvalue weighted by molar-refractivity contribution is 7.87. The number of hydrogen-bond donors (Lipinski definition) is 1. The molecule has 19 heavy (non-hydrogen) atoms. The van der Waals surface area contributed by atoms with Gasteiger partial charge >= 0.3 is 0 Å². The van der Waals surface area contributed by atoms with Gasteiger partial charge in [-0.1, -0.05) is 42.5 Å². The number of aromatic hydroxyl groups is 1. The number of anilines is 1. The van der Waals surface area contributed by atoms with Crippen LogP contribution in [0, 0.1) is 0 Å². The number of phenolic OH excluding ortho intramolecular Hbond substituents is 1. The SMILES string of the molecule is O=S(=O)([O-])N(Cc1ccccc1)c1ccccc1O. The Morgan fingerprint density at radius 1 is 1.00 bits per heavy atom. The molecule has 6 heteroatoms. The highest BCUT2D eigenvalue weighted by Crippen LogP contribution is 2.29. The Morgan fingerprint density at radius 2 is 1.58 bits per heavy atom. The van der Waals surface area contributed by atoms with E-state index in [1.165, 1.54) is 12.1 Å². The zero-order chi connectivity index (χ0) is 13.9. The van der Waals surface area contributed by atoms with Crippen LogP contribution in [0.15, 0.2) is 54.6 Å². The topological polar surface area (TPSA) is 80.7 Å². The van der Waals surface area contributed by atoms with Crippen LogP contribution < -0.4 is 4.31 Å². The van der Waals surface area contributed by atoms with Crippen LogP contribution in [0.25, 0.3) is 0 Å². The Morgan fingerprint density at radius 3 is 2.16 bits per heavy atom. The minimum atomic E-state index is -4.72. The Bertz CT molecular complexity index is 655. The maximum atomic E-state index is 11.3. The van der Waals surface area contributed by atoms with Gasteiger partial charge in [0.1, 0.15) is 5.75 Å². The Hall–Kier alpha value is -2.05. The summed E-state index contributed by atoms with van der Waals surface area (Å²) in [6.07, 6.45) is 0. The van der Waals surface area contributed by atoms with Crippen molar-refractivity contribution in [2.24, 2.45) is 0 Å². The van der Waals surface area contributed by atoms with Crippen molar-refractivity contribution in [2.45, 2.75) is 6.54 Å². The lowest BCUT2D eigenvalue weighted by Gasteiger charge is -2.27. The Labute approximate surface area is 111 Å². The highest BCUT2D eigenvalue weighted by atomic mass is 32.2. The summed E-state index contributed by atoms with van der Waals surface area (Å²) in [6.45, 7) is -0.121. The van der Waals surface area contributed by atoms with E-state index >= 15 is 0 Å². The summed E-state index contributed by atoms with van der Waals surface area (Å²) in [5.41, 5.74) is 0.631. The maximum absolute atomic E-state index is 11.3. The Kier molecular flexibility index (Phi) is 3.73. The second-order valence-electron chi connectivity index (χ2n) is 3.94. The maximum Gasteiger partial charge on any atom is 0.184 e. The molecule has 0 aliphatic heterocycles. The van der Waals surface area contributed by atoms with Gasteiger partial charge in [0.2, 0.25) is 0 Å². The zero-order valence-electron chi connectivity index (χ0n) is 9.93. The molecule has 0 amide bonds. The van der Waals surface area contributed by atoms with Crippen LogP contribution in [0.4, 0.5) is 5.69 Å². The number of hydrogen-bond acceptors (Lipinski definition) is 4. The van der Waals surface area contributed by atoms with Crippen LogP contribution in [0.2, 0.25) is 0 Å². The summed E-state index contributed by atoms with van der Waals surface area (Å²) in [5, 5.41) is 9.68. The number of benzene rings is 2. The monoisotopic (exact) mass is 278 g/mol. The quantitative estimate of drug-likeness (QED) is 0.865. The standard InChI is InChI=1S/C13H13NO4S/c15-13-9-5-4-8-12(13)14(19(16,17)18)10-11-6-2-1-3-7-11/h1-9,15H,10H2,(H,16,17,18)/p-1. The fourth-order valence-corrected chi connectivity index (χ4v) is 2.41. The van der Waals surface area contributed by atoms with Gasteiger partial charge in [0, 0.05) is 0 Å². The van der Waals surface area contributed by atoms with E-state index in [4.69, 9.17) is 0 Å². The second-order valence-corrected chi connectivity index (χ2v) is 5.23. The van der Waals surface area contributed by atoms with Crippen LogP contribution in [-0.2, 0) is 16.8 Å². The average molecular weight is 278 g/mol.